The van der Waals surface area contributed by atoms with Crippen molar-refractivity contribution in [2.75, 3.05) is 26.2 Å². The first-order chi connectivity index (χ1) is 21.4. The fourth-order valence-electron chi connectivity index (χ4n) is 6.51. The quantitative estimate of drug-likeness (QED) is 0.256. The summed E-state index contributed by atoms with van der Waals surface area (Å²) in [6.07, 6.45) is 1.58. The molecule has 3 aromatic rings. The summed E-state index contributed by atoms with van der Waals surface area (Å²) < 4.78 is 0. The van der Waals surface area contributed by atoms with Crippen molar-refractivity contribution in [3.8, 4) is 0 Å². The summed E-state index contributed by atoms with van der Waals surface area (Å²) in [7, 11) is 0. The van der Waals surface area contributed by atoms with Gasteiger partial charge in [-0.3, -0.25) is 19.4 Å². The first-order valence-electron chi connectivity index (χ1n) is 15.9. The Morgan fingerprint density at radius 3 is 2.53 bits per heavy atom. The van der Waals surface area contributed by atoms with Gasteiger partial charge in [0.25, 0.3) is 0 Å². The van der Waals surface area contributed by atoms with Gasteiger partial charge in [0.05, 0.1) is 23.3 Å². The van der Waals surface area contributed by atoms with E-state index >= 15 is 0 Å². The maximum absolute atomic E-state index is 13.8. The van der Waals surface area contributed by atoms with Crippen molar-refractivity contribution in [3.63, 3.8) is 0 Å². The zero-order valence-electron chi connectivity index (χ0n) is 26.8. The van der Waals surface area contributed by atoms with E-state index in [1.807, 2.05) is 88.5 Å². The zero-order chi connectivity index (χ0) is 32.1. The maximum Gasteiger partial charge on any atom is 0.239 e. The van der Waals surface area contributed by atoms with E-state index < -0.39 is 30.2 Å². The van der Waals surface area contributed by atoms with Crippen LogP contribution in [0.25, 0.3) is 0 Å². The highest BCUT2D eigenvalue weighted by Crippen LogP contribution is 2.32. The van der Waals surface area contributed by atoms with Crippen LogP contribution in [0.4, 0.5) is 0 Å². The zero-order valence-corrected chi connectivity index (χ0v) is 27.6. The van der Waals surface area contributed by atoms with Gasteiger partial charge in [0, 0.05) is 61.7 Å². The fourth-order valence-corrected chi connectivity index (χ4v) is 7.35. The minimum atomic E-state index is -0.828. The molecule has 45 heavy (non-hydrogen) atoms. The minimum Gasteiger partial charge on any atom is -0.392 e. The van der Waals surface area contributed by atoms with Gasteiger partial charge in [0.2, 0.25) is 11.8 Å². The fraction of sp³-hybridized carbons (Fsp3) is 0.514. The van der Waals surface area contributed by atoms with Gasteiger partial charge in [-0.1, -0.05) is 54.6 Å². The Labute approximate surface area is 270 Å². The normalized spacial score (nSPS) is 22.0. The van der Waals surface area contributed by atoms with Crippen molar-refractivity contribution in [3.05, 3.63) is 87.4 Å². The van der Waals surface area contributed by atoms with Crippen LogP contribution in [0.1, 0.15) is 59.8 Å². The van der Waals surface area contributed by atoms with Crippen LogP contribution in [0.15, 0.2) is 60.8 Å². The molecule has 0 radical (unpaired) electrons. The molecular weight excluding hydrogens is 586 g/mol. The average Bonchev–Trinajstić information content (AvgIpc) is 3.54. The van der Waals surface area contributed by atoms with Crippen molar-refractivity contribution in [2.24, 2.45) is 5.92 Å². The number of β-amino-alcohol motifs (C(OH)–C–C–N with tert-alkyl or cyclic N) is 1. The molecule has 4 N–H and O–H groups in total. The van der Waals surface area contributed by atoms with Crippen LogP contribution in [0.5, 0.6) is 0 Å². The summed E-state index contributed by atoms with van der Waals surface area (Å²) >= 11 is 1.67. The molecule has 2 aromatic carbocycles. The smallest absolute Gasteiger partial charge is 0.239 e. The number of nitrogens with zero attached hydrogens (tertiary/aromatic N) is 3. The standard InChI is InChI=1S/C35H47N5O4S/c1-23-36-19-28(45-23)21-39-14-15-40(30(22-39)34(44)38-35(2,3)4)20-27(41)17-26(16-24-10-6-5-7-11-24)33(43)37-32-29-13-9-8-12-25(29)18-31(32)42/h5-13,19,26-27,30-32,41-42H,14-18,20-22H2,1-4H3,(H,37,43)(H,38,44)/t26?,27?,30?,31-,32+/m1/s1. The lowest BCUT2D eigenvalue weighted by atomic mass is 9.91. The molecule has 2 amide bonds. The molecule has 2 aliphatic rings. The van der Waals surface area contributed by atoms with E-state index in [0.717, 1.165) is 34.8 Å². The molecule has 5 atom stereocenters. The molecule has 0 saturated carbocycles. The van der Waals surface area contributed by atoms with Crippen LogP contribution in [-0.4, -0.2) is 86.8 Å². The molecule has 1 aliphatic carbocycles. The minimum absolute atomic E-state index is 0.0626. The number of thiazole rings is 1. The number of hydrogen-bond donors (Lipinski definition) is 4. The highest BCUT2D eigenvalue weighted by molar-refractivity contribution is 7.11. The molecule has 5 rings (SSSR count). The molecule has 1 fully saturated rings. The number of aliphatic hydroxyl groups is 2. The number of carbonyl (C=O) groups excluding carboxylic acids is 2. The number of rotatable bonds is 11. The second-order valence-corrected chi connectivity index (χ2v) is 14.9. The molecule has 10 heteroatoms. The topological polar surface area (TPSA) is 118 Å². The molecule has 1 aliphatic heterocycles. The second-order valence-electron chi connectivity index (χ2n) is 13.6. The van der Waals surface area contributed by atoms with Crippen LogP contribution >= 0.6 is 11.3 Å². The number of amides is 2. The van der Waals surface area contributed by atoms with E-state index in [1.54, 1.807) is 11.3 Å². The Morgan fingerprint density at radius 1 is 1.09 bits per heavy atom. The lowest BCUT2D eigenvalue weighted by molar-refractivity contribution is -0.132. The van der Waals surface area contributed by atoms with E-state index in [2.05, 4.69) is 25.4 Å². The number of benzene rings is 2. The lowest BCUT2D eigenvalue weighted by Gasteiger charge is -2.42. The molecule has 2 heterocycles. The van der Waals surface area contributed by atoms with Crippen molar-refractivity contribution in [1.82, 2.24) is 25.4 Å². The highest BCUT2D eigenvalue weighted by Gasteiger charge is 2.37. The predicted molar refractivity (Wildman–Crippen MR) is 177 cm³/mol. The van der Waals surface area contributed by atoms with Crippen LogP contribution < -0.4 is 10.6 Å². The van der Waals surface area contributed by atoms with E-state index in [1.165, 1.54) is 4.88 Å². The first kappa shape index (κ1) is 33.2. The lowest BCUT2D eigenvalue weighted by Crippen LogP contribution is -2.61. The van der Waals surface area contributed by atoms with Gasteiger partial charge in [-0.2, -0.15) is 0 Å². The van der Waals surface area contributed by atoms with Crippen molar-refractivity contribution < 1.29 is 19.8 Å². The SMILES string of the molecule is Cc1ncc(CN2CCN(CC(O)CC(Cc3ccccc3)C(=O)N[C@H]3c4ccccc4C[C@H]3O)C(C(=O)NC(C)(C)C)C2)s1. The van der Waals surface area contributed by atoms with Crippen LogP contribution in [0.3, 0.4) is 0 Å². The van der Waals surface area contributed by atoms with Crippen molar-refractivity contribution in [1.29, 1.82) is 0 Å². The molecule has 9 nitrogen and oxygen atoms in total. The summed E-state index contributed by atoms with van der Waals surface area (Å²) in [6.45, 7) is 10.8. The number of aromatic nitrogens is 1. The molecule has 242 valence electrons. The number of piperazine rings is 1. The number of hydrogen-bond acceptors (Lipinski definition) is 8. The summed E-state index contributed by atoms with van der Waals surface area (Å²) in [5.41, 5.74) is 2.60. The maximum atomic E-state index is 13.8. The van der Waals surface area contributed by atoms with Crippen LogP contribution in [0, 0.1) is 12.8 Å². The summed E-state index contributed by atoms with van der Waals surface area (Å²) in [5, 5.41) is 29.5. The van der Waals surface area contributed by atoms with Gasteiger partial charge in [0.1, 0.15) is 6.04 Å². The highest BCUT2D eigenvalue weighted by atomic mass is 32.1. The number of carbonyl (C=O) groups is 2. The number of aliphatic hydroxyl groups excluding tert-OH is 2. The van der Waals surface area contributed by atoms with E-state index in [9.17, 15) is 19.8 Å². The molecule has 1 saturated heterocycles. The Morgan fingerprint density at radius 2 is 1.82 bits per heavy atom. The van der Waals surface area contributed by atoms with Crippen molar-refractivity contribution >= 4 is 23.2 Å². The molecular formula is C35H47N5O4S. The molecule has 0 bridgehead atoms. The summed E-state index contributed by atoms with van der Waals surface area (Å²) in [6, 6.07) is 16.7. The van der Waals surface area contributed by atoms with E-state index in [-0.39, 0.29) is 30.3 Å². The van der Waals surface area contributed by atoms with E-state index in [4.69, 9.17) is 0 Å². The predicted octanol–water partition coefficient (Wildman–Crippen LogP) is 3.24. The van der Waals surface area contributed by atoms with Gasteiger partial charge < -0.3 is 20.8 Å². The number of fused-ring (bicyclic) bond motifs is 1. The van der Waals surface area contributed by atoms with Gasteiger partial charge in [0.15, 0.2) is 0 Å². The largest absolute Gasteiger partial charge is 0.392 e. The van der Waals surface area contributed by atoms with Crippen LogP contribution in [-0.2, 0) is 29.0 Å². The molecule has 1 aromatic heterocycles. The van der Waals surface area contributed by atoms with Gasteiger partial charge >= 0.3 is 0 Å². The van der Waals surface area contributed by atoms with E-state index in [0.29, 0.717) is 25.9 Å². The van der Waals surface area contributed by atoms with Crippen LogP contribution in [0.2, 0.25) is 0 Å². The number of aryl methyl sites for hydroxylation is 1. The average molecular weight is 634 g/mol. The molecule has 0 spiro atoms. The number of nitrogens with one attached hydrogen (secondary N) is 2. The Hall–Kier alpha value is -3.15. The third-order valence-corrected chi connectivity index (χ3v) is 9.52. The third-order valence-electron chi connectivity index (χ3n) is 8.62. The Balaban J connectivity index is 1.28. The van der Waals surface area contributed by atoms with Gasteiger partial charge in [-0.15, -0.1) is 11.3 Å². The Kier molecular flexibility index (Phi) is 10.7. The monoisotopic (exact) mass is 633 g/mol. The van der Waals surface area contributed by atoms with Crippen molar-refractivity contribution in [2.45, 2.75) is 83.3 Å². The third kappa shape index (κ3) is 8.98. The second kappa shape index (κ2) is 14.5. The van der Waals surface area contributed by atoms with Gasteiger partial charge in [-0.25, -0.2) is 4.98 Å². The first-order valence-corrected chi connectivity index (χ1v) is 16.7. The summed E-state index contributed by atoms with van der Waals surface area (Å²) in [4.78, 5) is 37.2. The Bertz CT molecular complexity index is 1440. The van der Waals surface area contributed by atoms with Gasteiger partial charge in [-0.05, 0) is 57.2 Å². The molecule has 3 unspecified atom stereocenters. The summed E-state index contributed by atoms with van der Waals surface area (Å²) in [5.74, 6) is -0.766.